The first-order valence-corrected chi connectivity index (χ1v) is 8.64. The van der Waals surface area contributed by atoms with E-state index in [0.29, 0.717) is 23.7 Å². The van der Waals surface area contributed by atoms with Crippen LogP contribution in [0.25, 0.3) is 11.4 Å². The van der Waals surface area contributed by atoms with Gasteiger partial charge in [0.2, 0.25) is 11.7 Å². The van der Waals surface area contributed by atoms with Crippen LogP contribution in [-0.4, -0.2) is 26.1 Å². The minimum atomic E-state index is 0.152. The molecule has 0 saturated heterocycles. The van der Waals surface area contributed by atoms with Gasteiger partial charge in [-0.2, -0.15) is 10.1 Å². The van der Waals surface area contributed by atoms with Gasteiger partial charge in [0.15, 0.2) is 5.78 Å². The van der Waals surface area contributed by atoms with E-state index >= 15 is 0 Å². The second-order valence-corrected chi connectivity index (χ2v) is 6.55. The molecule has 3 aromatic rings. The average Bonchev–Trinajstić information content (AvgIpc) is 3.34. The summed E-state index contributed by atoms with van der Waals surface area (Å²) in [6, 6.07) is 6.27. The van der Waals surface area contributed by atoms with E-state index in [0.717, 1.165) is 30.5 Å². The van der Waals surface area contributed by atoms with Gasteiger partial charge in [-0.25, -0.2) is 0 Å². The number of Topliss-reactive ketones (excluding diaryl/α,β-unsaturated/α-hetero) is 1. The van der Waals surface area contributed by atoms with E-state index in [1.165, 1.54) is 11.1 Å². The molecule has 0 radical (unpaired) electrons. The number of nitrogens with one attached hydrogen (secondary N) is 1. The Bertz CT molecular complexity index is 925. The van der Waals surface area contributed by atoms with Gasteiger partial charge >= 0.3 is 0 Å². The second kappa shape index (κ2) is 6.27. The van der Waals surface area contributed by atoms with Gasteiger partial charge in [0, 0.05) is 24.1 Å². The Labute approximate surface area is 145 Å². The average molecular weight is 336 g/mol. The number of rotatable bonds is 5. The third-order valence-corrected chi connectivity index (χ3v) is 4.94. The maximum absolute atomic E-state index is 12.5. The number of fused-ring (bicyclic) bond motifs is 1. The fourth-order valence-electron chi connectivity index (χ4n) is 3.54. The van der Waals surface area contributed by atoms with Crippen molar-refractivity contribution >= 4 is 5.78 Å². The molecule has 1 atom stereocenters. The topological polar surface area (TPSA) is 84.7 Å². The molecular formula is C19H20N4O2. The Kier molecular flexibility index (Phi) is 3.95. The van der Waals surface area contributed by atoms with Crippen LogP contribution in [0.1, 0.15) is 58.8 Å². The molecule has 1 aliphatic rings. The molecule has 2 aromatic heterocycles. The fourth-order valence-corrected chi connectivity index (χ4v) is 3.54. The van der Waals surface area contributed by atoms with Crippen molar-refractivity contribution in [1.29, 1.82) is 0 Å². The van der Waals surface area contributed by atoms with Gasteiger partial charge in [0.05, 0.1) is 11.8 Å². The predicted molar refractivity (Wildman–Crippen MR) is 92.4 cm³/mol. The Morgan fingerprint density at radius 3 is 3.00 bits per heavy atom. The first kappa shape index (κ1) is 15.7. The summed E-state index contributed by atoms with van der Waals surface area (Å²) in [7, 11) is 0. The third-order valence-electron chi connectivity index (χ3n) is 4.94. The van der Waals surface area contributed by atoms with Crippen molar-refractivity contribution in [1.82, 2.24) is 20.3 Å². The summed E-state index contributed by atoms with van der Waals surface area (Å²) in [5, 5.41) is 10.8. The van der Waals surface area contributed by atoms with Crippen molar-refractivity contribution in [3.63, 3.8) is 0 Å². The molecule has 1 aromatic carbocycles. The van der Waals surface area contributed by atoms with Crippen LogP contribution in [0.15, 0.2) is 28.9 Å². The van der Waals surface area contributed by atoms with Gasteiger partial charge in [-0.15, -0.1) is 0 Å². The van der Waals surface area contributed by atoms with Crippen LogP contribution in [0, 0.1) is 6.92 Å². The molecule has 0 amide bonds. The zero-order valence-electron chi connectivity index (χ0n) is 14.4. The highest BCUT2D eigenvalue weighted by atomic mass is 16.5. The van der Waals surface area contributed by atoms with E-state index in [4.69, 9.17) is 4.52 Å². The van der Waals surface area contributed by atoms with Gasteiger partial charge in [-0.1, -0.05) is 24.2 Å². The Hall–Kier alpha value is -2.76. The summed E-state index contributed by atoms with van der Waals surface area (Å²) in [5.74, 6) is 1.70. The number of carbonyl (C=O) groups excluding carboxylic acids is 1. The smallest absolute Gasteiger partial charge is 0.226 e. The molecule has 2 heterocycles. The molecule has 0 aliphatic heterocycles. The lowest BCUT2D eigenvalue weighted by Gasteiger charge is -2.11. The maximum Gasteiger partial charge on any atom is 0.226 e. The minimum absolute atomic E-state index is 0.152. The van der Waals surface area contributed by atoms with Crippen LogP contribution in [0.4, 0.5) is 0 Å². The fraction of sp³-hybridized carbons (Fsp3) is 0.368. The number of carbonyl (C=O) groups is 1. The summed E-state index contributed by atoms with van der Waals surface area (Å²) in [4.78, 5) is 16.9. The first-order chi connectivity index (χ1) is 12.2. The zero-order chi connectivity index (χ0) is 17.4. The number of H-pyrrole nitrogens is 1. The van der Waals surface area contributed by atoms with Crippen molar-refractivity contribution in [2.75, 3.05) is 0 Å². The lowest BCUT2D eigenvalue weighted by Crippen LogP contribution is -2.06. The van der Waals surface area contributed by atoms with Gasteiger partial charge in [-0.05, 0) is 42.9 Å². The number of hydrogen-bond acceptors (Lipinski definition) is 5. The molecule has 4 rings (SSSR count). The Morgan fingerprint density at radius 1 is 1.40 bits per heavy atom. The van der Waals surface area contributed by atoms with Crippen LogP contribution >= 0.6 is 0 Å². The maximum atomic E-state index is 12.5. The summed E-state index contributed by atoms with van der Waals surface area (Å²) in [5.41, 5.74) is 5.05. The molecule has 0 saturated carbocycles. The van der Waals surface area contributed by atoms with Crippen LogP contribution < -0.4 is 0 Å². The molecule has 0 spiro atoms. The van der Waals surface area contributed by atoms with Crippen molar-refractivity contribution in [2.45, 2.75) is 45.4 Å². The molecule has 0 unspecified atom stereocenters. The quantitative estimate of drug-likeness (QED) is 0.719. The summed E-state index contributed by atoms with van der Waals surface area (Å²) >= 11 is 0. The SMILES string of the molecule is CCc1nc(-c2ccc3c(c2)CC[C@H]3CC(=O)c2cn[nH]c2C)no1. The minimum Gasteiger partial charge on any atom is -0.339 e. The monoisotopic (exact) mass is 336 g/mol. The lowest BCUT2D eigenvalue weighted by atomic mass is 9.93. The number of ketones is 1. The summed E-state index contributed by atoms with van der Waals surface area (Å²) < 4.78 is 5.20. The molecule has 25 heavy (non-hydrogen) atoms. The summed E-state index contributed by atoms with van der Waals surface area (Å²) in [6.45, 7) is 3.87. The first-order valence-electron chi connectivity index (χ1n) is 8.64. The standard InChI is InChI=1S/C19H20N4O2/c1-3-18-21-19(23-25-18)14-6-7-15-12(8-14)4-5-13(15)9-17(24)16-10-20-22-11(16)2/h6-8,10,13H,3-5,9H2,1-2H3,(H,20,22)/t13-/m0/s1. The molecule has 6 heteroatoms. The van der Waals surface area contributed by atoms with Crippen molar-refractivity contribution < 1.29 is 9.32 Å². The molecular weight excluding hydrogens is 316 g/mol. The highest BCUT2D eigenvalue weighted by molar-refractivity contribution is 5.97. The molecule has 0 fully saturated rings. The Balaban J connectivity index is 1.55. The van der Waals surface area contributed by atoms with Crippen molar-refractivity contribution in [3.05, 3.63) is 52.7 Å². The predicted octanol–water partition coefficient (Wildman–Crippen LogP) is 3.63. The molecule has 0 bridgehead atoms. The number of aryl methyl sites for hydroxylation is 3. The molecule has 6 nitrogen and oxygen atoms in total. The number of aromatic amines is 1. The number of hydrogen-bond donors (Lipinski definition) is 1. The summed E-state index contributed by atoms with van der Waals surface area (Å²) in [6.07, 6.45) is 4.85. The van der Waals surface area contributed by atoms with Crippen LogP contribution in [0.3, 0.4) is 0 Å². The van der Waals surface area contributed by atoms with Gasteiger partial charge in [0.1, 0.15) is 0 Å². The number of aromatic nitrogens is 4. The van der Waals surface area contributed by atoms with Gasteiger partial charge in [0.25, 0.3) is 0 Å². The van der Waals surface area contributed by atoms with Crippen molar-refractivity contribution in [3.8, 4) is 11.4 Å². The zero-order valence-corrected chi connectivity index (χ0v) is 14.4. The van der Waals surface area contributed by atoms with E-state index in [2.05, 4.69) is 32.5 Å². The number of benzene rings is 1. The third kappa shape index (κ3) is 2.88. The van der Waals surface area contributed by atoms with E-state index in [1.807, 2.05) is 19.9 Å². The Morgan fingerprint density at radius 2 is 2.28 bits per heavy atom. The van der Waals surface area contributed by atoms with Crippen molar-refractivity contribution in [2.24, 2.45) is 0 Å². The van der Waals surface area contributed by atoms with Crippen LogP contribution in [0.5, 0.6) is 0 Å². The second-order valence-electron chi connectivity index (χ2n) is 6.55. The molecule has 1 aliphatic carbocycles. The molecule has 128 valence electrons. The van der Waals surface area contributed by atoms with Crippen LogP contribution in [0.2, 0.25) is 0 Å². The van der Waals surface area contributed by atoms with E-state index in [9.17, 15) is 4.79 Å². The van der Waals surface area contributed by atoms with E-state index < -0.39 is 0 Å². The van der Waals surface area contributed by atoms with E-state index in [-0.39, 0.29) is 11.7 Å². The molecule has 1 N–H and O–H groups in total. The van der Waals surface area contributed by atoms with Gasteiger partial charge < -0.3 is 4.52 Å². The number of nitrogens with zero attached hydrogens (tertiary/aromatic N) is 3. The largest absolute Gasteiger partial charge is 0.339 e. The highest BCUT2D eigenvalue weighted by Gasteiger charge is 2.26. The van der Waals surface area contributed by atoms with Crippen LogP contribution in [-0.2, 0) is 12.8 Å². The lowest BCUT2D eigenvalue weighted by molar-refractivity contribution is 0.0973. The highest BCUT2D eigenvalue weighted by Crippen LogP contribution is 2.38. The normalized spacial score (nSPS) is 16.2. The van der Waals surface area contributed by atoms with Gasteiger partial charge in [-0.3, -0.25) is 9.89 Å². The van der Waals surface area contributed by atoms with E-state index in [1.54, 1.807) is 6.20 Å².